The summed E-state index contributed by atoms with van der Waals surface area (Å²) in [6, 6.07) is 15.8. The van der Waals surface area contributed by atoms with E-state index in [1.807, 2.05) is 24.3 Å². The highest BCUT2D eigenvalue weighted by atomic mass is 19.1. The second kappa shape index (κ2) is 6.67. The number of nitrogens with zero attached hydrogens (tertiary/aromatic N) is 3. The molecule has 4 nitrogen and oxygen atoms in total. The fraction of sp³-hybridized carbons (Fsp3) is 0.0556. The Bertz CT molecular complexity index is 828. The molecule has 1 unspecified atom stereocenters. The van der Waals surface area contributed by atoms with Crippen LogP contribution in [0.5, 0.6) is 0 Å². The lowest BCUT2D eigenvalue weighted by atomic mass is 9.90. The van der Waals surface area contributed by atoms with E-state index in [-0.39, 0.29) is 11.7 Å². The van der Waals surface area contributed by atoms with E-state index in [1.54, 1.807) is 24.3 Å². The molecule has 1 aromatic heterocycles. The molecule has 0 spiro atoms. The van der Waals surface area contributed by atoms with E-state index in [0.29, 0.717) is 11.4 Å². The lowest BCUT2D eigenvalue weighted by molar-refractivity contribution is 0.627. The zero-order valence-corrected chi connectivity index (χ0v) is 12.1. The van der Waals surface area contributed by atoms with Crippen LogP contribution in [0.3, 0.4) is 0 Å². The predicted octanol–water partition coefficient (Wildman–Crippen LogP) is 3.66. The second-order valence-electron chi connectivity index (χ2n) is 4.99. The van der Waals surface area contributed by atoms with Gasteiger partial charge in [0.1, 0.15) is 18.0 Å². The molecule has 0 aliphatic heterocycles. The zero-order chi connectivity index (χ0) is 16.1. The van der Waals surface area contributed by atoms with Gasteiger partial charge in [0.15, 0.2) is 0 Å². The van der Waals surface area contributed by atoms with E-state index in [2.05, 4.69) is 21.3 Å². The molecule has 0 aliphatic rings. The number of aromatic amines is 1. The number of hydrogen-bond donors (Lipinski definition) is 1. The third-order valence-corrected chi connectivity index (χ3v) is 3.51. The van der Waals surface area contributed by atoms with Gasteiger partial charge in [-0.15, -0.1) is 0 Å². The van der Waals surface area contributed by atoms with Crippen LogP contribution in [0, 0.1) is 17.1 Å². The summed E-state index contributed by atoms with van der Waals surface area (Å²) >= 11 is 0. The minimum absolute atomic E-state index is 0.0755. The first-order chi connectivity index (χ1) is 11.3. The van der Waals surface area contributed by atoms with Gasteiger partial charge in [0.25, 0.3) is 0 Å². The molecule has 0 saturated heterocycles. The number of H-pyrrole nitrogens is 1. The minimum Gasteiger partial charge on any atom is -0.260 e. The van der Waals surface area contributed by atoms with Crippen molar-refractivity contribution in [1.29, 1.82) is 5.26 Å². The molecule has 0 amide bonds. The summed E-state index contributed by atoms with van der Waals surface area (Å²) in [5.74, 6) is 0.297. The SMILES string of the molecule is N#Cc1ccc(C(C=Cc2ncn[nH]2)c2ccc(F)cc2)cc1. The molecule has 3 rings (SSSR count). The van der Waals surface area contributed by atoms with Crippen LogP contribution >= 0.6 is 0 Å². The number of allylic oxidation sites excluding steroid dienone is 1. The van der Waals surface area contributed by atoms with Gasteiger partial charge in [-0.2, -0.15) is 10.4 Å². The first-order valence-corrected chi connectivity index (χ1v) is 7.05. The van der Waals surface area contributed by atoms with E-state index in [1.165, 1.54) is 18.5 Å². The molecule has 1 atom stereocenters. The van der Waals surface area contributed by atoms with E-state index in [9.17, 15) is 4.39 Å². The van der Waals surface area contributed by atoms with Crippen molar-refractivity contribution in [3.63, 3.8) is 0 Å². The van der Waals surface area contributed by atoms with Crippen molar-refractivity contribution in [2.75, 3.05) is 0 Å². The fourth-order valence-corrected chi connectivity index (χ4v) is 2.33. The summed E-state index contributed by atoms with van der Waals surface area (Å²) in [7, 11) is 0. The monoisotopic (exact) mass is 304 g/mol. The molecule has 0 aliphatic carbocycles. The maximum atomic E-state index is 13.2. The van der Waals surface area contributed by atoms with Crippen LogP contribution in [0.25, 0.3) is 6.08 Å². The quantitative estimate of drug-likeness (QED) is 0.800. The molecular weight excluding hydrogens is 291 g/mol. The number of nitriles is 1. The summed E-state index contributed by atoms with van der Waals surface area (Å²) in [6.45, 7) is 0. The number of nitrogens with one attached hydrogen (secondary N) is 1. The number of rotatable bonds is 4. The van der Waals surface area contributed by atoms with E-state index in [0.717, 1.165) is 11.1 Å². The van der Waals surface area contributed by atoms with Crippen LogP contribution in [-0.4, -0.2) is 15.2 Å². The number of aromatic nitrogens is 3. The third-order valence-electron chi connectivity index (χ3n) is 3.51. The Morgan fingerprint density at radius 1 is 1.04 bits per heavy atom. The van der Waals surface area contributed by atoms with Gasteiger partial charge >= 0.3 is 0 Å². The van der Waals surface area contributed by atoms with Gasteiger partial charge in [0, 0.05) is 5.92 Å². The molecule has 112 valence electrons. The third kappa shape index (κ3) is 3.50. The zero-order valence-electron chi connectivity index (χ0n) is 12.1. The van der Waals surface area contributed by atoms with Crippen LogP contribution in [0.1, 0.15) is 28.4 Å². The van der Waals surface area contributed by atoms with Crippen molar-refractivity contribution in [1.82, 2.24) is 15.2 Å². The first-order valence-electron chi connectivity index (χ1n) is 7.05. The van der Waals surface area contributed by atoms with Gasteiger partial charge in [-0.1, -0.05) is 30.3 Å². The molecular formula is C18H13FN4. The van der Waals surface area contributed by atoms with Gasteiger partial charge in [-0.25, -0.2) is 9.37 Å². The Balaban J connectivity index is 1.98. The summed E-state index contributed by atoms with van der Waals surface area (Å²) in [6.07, 6.45) is 5.24. The normalized spacial score (nSPS) is 12.2. The molecule has 5 heteroatoms. The molecule has 23 heavy (non-hydrogen) atoms. The average molecular weight is 304 g/mol. The van der Waals surface area contributed by atoms with Gasteiger partial charge in [0.05, 0.1) is 11.6 Å². The highest BCUT2D eigenvalue weighted by Gasteiger charge is 2.11. The van der Waals surface area contributed by atoms with Crippen molar-refractivity contribution in [3.05, 3.63) is 89.3 Å². The smallest absolute Gasteiger partial charge is 0.147 e. The lowest BCUT2D eigenvalue weighted by Gasteiger charge is -2.14. The van der Waals surface area contributed by atoms with Crippen LogP contribution in [0.4, 0.5) is 4.39 Å². The Hall–Kier alpha value is -3.26. The fourth-order valence-electron chi connectivity index (χ4n) is 2.33. The molecule has 0 saturated carbocycles. The summed E-state index contributed by atoms with van der Waals surface area (Å²) < 4.78 is 13.2. The van der Waals surface area contributed by atoms with Crippen molar-refractivity contribution in [2.45, 2.75) is 5.92 Å². The van der Waals surface area contributed by atoms with Crippen LogP contribution in [0.2, 0.25) is 0 Å². The number of benzene rings is 2. The largest absolute Gasteiger partial charge is 0.260 e. The lowest BCUT2D eigenvalue weighted by Crippen LogP contribution is -1.98. The Morgan fingerprint density at radius 2 is 1.70 bits per heavy atom. The highest BCUT2D eigenvalue weighted by Crippen LogP contribution is 2.27. The van der Waals surface area contributed by atoms with Gasteiger partial charge in [-0.3, -0.25) is 5.10 Å². The minimum atomic E-state index is -0.272. The average Bonchev–Trinajstić information content (AvgIpc) is 3.10. The standard InChI is InChI=1S/C18H13FN4/c19-16-7-5-15(6-8-16)17(9-10-18-21-12-22-23-18)14-3-1-13(11-20)2-4-14/h1-10,12,17H,(H,21,22,23). The van der Waals surface area contributed by atoms with Crippen LogP contribution in [0.15, 0.2) is 60.9 Å². The number of halogens is 1. The molecule has 0 radical (unpaired) electrons. The molecule has 0 fully saturated rings. The highest BCUT2D eigenvalue weighted by molar-refractivity contribution is 5.48. The van der Waals surface area contributed by atoms with Crippen molar-refractivity contribution < 1.29 is 4.39 Å². The number of hydrogen-bond acceptors (Lipinski definition) is 3. The van der Waals surface area contributed by atoms with Crippen LogP contribution < -0.4 is 0 Å². The van der Waals surface area contributed by atoms with Gasteiger partial charge in [-0.05, 0) is 41.5 Å². The molecule has 3 aromatic rings. The molecule has 2 aromatic carbocycles. The van der Waals surface area contributed by atoms with Gasteiger partial charge < -0.3 is 0 Å². The summed E-state index contributed by atoms with van der Waals surface area (Å²) in [5.41, 5.74) is 2.56. The van der Waals surface area contributed by atoms with E-state index < -0.39 is 0 Å². The first kappa shape index (κ1) is 14.7. The van der Waals surface area contributed by atoms with Crippen molar-refractivity contribution in [2.24, 2.45) is 0 Å². The van der Waals surface area contributed by atoms with Crippen molar-refractivity contribution in [3.8, 4) is 6.07 Å². The second-order valence-corrected chi connectivity index (χ2v) is 4.99. The summed E-state index contributed by atoms with van der Waals surface area (Å²) in [4.78, 5) is 4.06. The van der Waals surface area contributed by atoms with Crippen molar-refractivity contribution >= 4 is 6.08 Å². The Kier molecular flexibility index (Phi) is 4.25. The summed E-state index contributed by atoms with van der Waals surface area (Å²) in [5, 5.41) is 15.5. The molecule has 0 bridgehead atoms. The Labute approximate surface area is 132 Å². The van der Waals surface area contributed by atoms with Gasteiger partial charge in [0.2, 0.25) is 0 Å². The molecule has 1 heterocycles. The topological polar surface area (TPSA) is 65.4 Å². The maximum absolute atomic E-state index is 13.2. The predicted molar refractivity (Wildman–Crippen MR) is 84.8 cm³/mol. The molecule has 1 N–H and O–H groups in total. The van der Waals surface area contributed by atoms with Crippen LogP contribution in [-0.2, 0) is 0 Å². The Morgan fingerprint density at radius 3 is 2.26 bits per heavy atom. The van der Waals surface area contributed by atoms with E-state index in [4.69, 9.17) is 5.26 Å². The van der Waals surface area contributed by atoms with E-state index >= 15 is 0 Å². The maximum Gasteiger partial charge on any atom is 0.147 e.